The highest BCUT2D eigenvalue weighted by molar-refractivity contribution is 5.36. The van der Waals surface area contributed by atoms with Crippen molar-refractivity contribution in [3.8, 4) is 11.4 Å². The summed E-state index contributed by atoms with van der Waals surface area (Å²) in [5.41, 5.74) is 0.852. The molecule has 14 heavy (non-hydrogen) atoms. The van der Waals surface area contributed by atoms with Crippen LogP contribution in [0.4, 0.5) is 0 Å². The normalized spacial score (nSPS) is 10.4. The van der Waals surface area contributed by atoms with Crippen LogP contribution in [0.2, 0.25) is 0 Å². The fraction of sp³-hybridized carbons (Fsp3) is 0.222. The summed E-state index contributed by atoms with van der Waals surface area (Å²) in [4.78, 5) is 0. The first-order valence-corrected chi connectivity index (χ1v) is 4.38. The topological polar surface area (TPSA) is 63.8 Å². The number of hydrogen-bond donors (Lipinski definition) is 1. The summed E-state index contributed by atoms with van der Waals surface area (Å²) in [6.07, 6.45) is 0.772. The standard InChI is InChI=1S/C9H10N4O/c1-2-9-10-11-12-13(9)7-3-5-8(14)6-4-7/h3-6,14H,2H2,1H3. The molecule has 5 nitrogen and oxygen atoms in total. The van der Waals surface area contributed by atoms with Crippen LogP contribution >= 0.6 is 0 Å². The molecule has 0 atom stereocenters. The molecule has 0 saturated carbocycles. The Bertz CT molecular complexity index is 421. The molecule has 2 rings (SSSR count). The number of tetrazole rings is 1. The predicted octanol–water partition coefficient (Wildman–Crippen LogP) is 0.930. The molecule has 0 aliphatic heterocycles. The van der Waals surface area contributed by atoms with Gasteiger partial charge in [0.1, 0.15) is 5.75 Å². The maximum absolute atomic E-state index is 9.12. The third-order valence-corrected chi connectivity index (χ3v) is 1.94. The second kappa shape index (κ2) is 3.45. The third kappa shape index (κ3) is 1.44. The lowest BCUT2D eigenvalue weighted by Crippen LogP contribution is -2.01. The Morgan fingerprint density at radius 2 is 2.00 bits per heavy atom. The molecule has 0 amide bonds. The zero-order chi connectivity index (χ0) is 9.97. The minimum Gasteiger partial charge on any atom is -0.508 e. The molecule has 2 aromatic rings. The van der Waals surface area contributed by atoms with E-state index in [4.69, 9.17) is 5.11 Å². The molecular weight excluding hydrogens is 180 g/mol. The fourth-order valence-electron chi connectivity index (χ4n) is 1.22. The summed E-state index contributed by atoms with van der Waals surface area (Å²) in [6.45, 7) is 1.99. The van der Waals surface area contributed by atoms with Crippen LogP contribution in [0.1, 0.15) is 12.7 Å². The summed E-state index contributed by atoms with van der Waals surface area (Å²) in [7, 11) is 0. The monoisotopic (exact) mass is 190 g/mol. The highest BCUT2D eigenvalue weighted by Crippen LogP contribution is 2.13. The number of nitrogens with zero attached hydrogens (tertiary/aromatic N) is 4. The lowest BCUT2D eigenvalue weighted by atomic mass is 10.3. The van der Waals surface area contributed by atoms with Gasteiger partial charge in [-0.25, -0.2) is 0 Å². The van der Waals surface area contributed by atoms with E-state index in [0.29, 0.717) is 0 Å². The molecule has 0 aliphatic rings. The van der Waals surface area contributed by atoms with E-state index in [-0.39, 0.29) is 5.75 Å². The van der Waals surface area contributed by atoms with Crippen molar-refractivity contribution in [2.75, 3.05) is 0 Å². The molecule has 0 bridgehead atoms. The Labute approximate surface area is 81.0 Å². The largest absolute Gasteiger partial charge is 0.508 e. The van der Waals surface area contributed by atoms with Gasteiger partial charge < -0.3 is 5.11 Å². The summed E-state index contributed by atoms with van der Waals surface area (Å²) in [5, 5.41) is 20.4. The smallest absolute Gasteiger partial charge is 0.156 e. The van der Waals surface area contributed by atoms with Gasteiger partial charge in [0.2, 0.25) is 0 Å². The predicted molar refractivity (Wildman–Crippen MR) is 50.2 cm³/mol. The number of aryl methyl sites for hydroxylation is 1. The maximum Gasteiger partial charge on any atom is 0.156 e. The molecular formula is C9H10N4O. The zero-order valence-electron chi connectivity index (χ0n) is 7.75. The first-order chi connectivity index (χ1) is 6.81. The number of aromatic nitrogens is 4. The van der Waals surface area contributed by atoms with Gasteiger partial charge in [-0.15, -0.1) is 5.10 Å². The molecule has 0 radical (unpaired) electrons. The van der Waals surface area contributed by atoms with Gasteiger partial charge in [0, 0.05) is 6.42 Å². The maximum atomic E-state index is 9.12. The van der Waals surface area contributed by atoms with Crippen LogP contribution in [0.5, 0.6) is 5.75 Å². The van der Waals surface area contributed by atoms with Gasteiger partial charge in [-0.05, 0) is 34.7 Å². The van der Waals surface area contributed by atoms with Crippen molar-refractivity contribution in [2.24, 2.45) is 0 Å². The number of benzene rings is 1. The number of rotatable bonds is 2. The number of phenolic OH excluding ortho intramolecular Hbond substituents is 1. The lowest BCUT2D eigenvalue weighted by molar-refractivity contribution is 0.475. The van der Waals surface area contributed by atoms with Gasteiger partial charge in [0.15, 0.2) is 5.82 Å². The van der Waals surface area contributed by atoms with Crippen molar-refractivity contribution < 1.29 is 5.11 Å². The zero-order valence-corrected chi connectivity index (χ0v) is 7.75. The molecule has 1 aromatic heterocycles. The average molecular weight is 190 g/mol. The van der Waals surface area contributed by atoms with E-state index < -0.39 is 0 Å². The molecule has 0 aliphatic carbocycles. The van der Waals surface area contributed by atoms with E-state index in [1.807, 2.05) is 6.92 Å². The van der Waals surface area contributed by atoms with Crippen LogP contribution in [-0.4, -0.2) is 25.3 Å². The molecule has 5 heteroatoms. The molecule has 1 heterocycles. The highest BCUT2D eigenvalue weighted by Gasteiger charge is 2.04. The van der Waals surface area contributed by atoms with Gasteiger partial charge in [0.05, 0.1) is 5.69 Å². The van der Waals surface area contributed by atoms with E-state index in [0.717, 1.165) is 17.9 Å². The molecule has 0 saturated heterocycles. The number of phenols is 1. The van der Waals surface area contributed by atoms with Crippen LogP contribution < -0.4 is 0 Å². The summed E-state index contributed by atoms with van der Waals surface area (Å²) < 4.78 is 1.65. The second-order valence-corrected chi connectivity index (χ2v) is 2.88. The van der Waals surface area contributed by atoms with E-state index in [2.05, 4.69) is 15.5 Å². The van der Waals surface area contributed by atoms with Gasteiger partial charge in [-0.2, -0.15) is 4.68 Å². The molecule has 1 N–H and O–H groups in total. The molecule has 0 unspecified atom stereocenters. The van der Waals surface area contributed by atoms with Crippen LogP contribution in [-0.2, 0) is 6.42 Å². The third-order valence-electron chi connectivity index (χ3n) is 1.94. The van der Waals surface area contributed by atoms with E-state index >= 15 is 0 Å². The van der Waals surface area contributed by atoms with Crippen LogP contribution in [0.25, 0.3) is 5.69 Å². The quantitative estimate of drug-likeness (QED) is 0.765. The Hall–Kier alpha value is -1.91. The van der Waals surface area contributed by atoms with Gasteiger partial charge >= 0.3 is 0 Å². The van der Waals surface area contributed by atoms with Crippen molar-refractivity contribution >= 4 is 0 Å². The van der Waals surface area contributed by atoms with Crippen LogP contribution in [0, 0.1) is 0 Å². The van der Waals surface area contributed by atoms with E-state index in [1.165, 1.54) is 0 Å². The Morgan fingerprint density at radius 3 is 2.64 bits per heavy atom. The van der Waals surface area contributed by atoms with Crippen molar-refractivity contribution in [3.63, 3.8) is 0 Å². The average Bonchev–Trinajstić information content (AvgIpc) is 2.67. The Kier molecular flexibility index (Phi) is 2.14. The van der Waals surface area contributed by atoms with E-state index in [1.54, 1.807) is 28.9 Å². The van der Waals surface area contributed by atoms with Crippen molar-refractivity contribution in [3.05, 3.63) is 30.1 Å². The number of hydrogen-bond acceptors (Lipinski definition) is 4. The molecule has 0 fully saturated rings. The van der Waals surface area contributed by atoms with Crippen LogP contribution in [0.3, 0.4) is 0 Å². The van der Waals surface area contributed by atoms with Crippen LogP contribution in [0.15, 0.2) is 24.3 Å². The SMILES string of the molecule is CCc1nnnn1-c1ccc(O)cc1. The second-order valence-electron chi connectivity index (χ2n) is 2.88. The molecule has 72 valence electrons. The summed E-state index contributed by atoms with van der Waals surface area (Å²) >= 11 is 0. The summed E-state index contributed by atoms with van der Waals surface area (Å²) in [6, 6.07) is 6.75. The minimum absolute atomic E-state index is 0.236. The Morgan fingerprint density at radius 1 is 1.29 bits per heavy atom. The van der Waals surface area contributed by atoms with Gasteiger partial charge in [-0.3, -0.25) is 0 Å². The highest BCUT2D eigenvalue weighted by atomic mass is 16.3. The van der Waals surface area contributed by atoms with E-state index in [9.17, 15) is 0 Å². The van der Waals surface area contributed by atoms with Crippen molar-refractivity contribution in [1.29, 1.82) is 0 Å². The first kappa shape index (κ1) is 8.68. The number of aromatic hydroxyl groups is 1. The summed E-state index contributed by atoms with van der Waals surface area (Å²) in [5.74, 6) is 1.04. The van der Waals surface area contributed by atoms with Gasteiger partial charge in [0.25, 0.3) is 0 Å². The van der Waals surface area contributed by atoms with Gasteiger partial charge in [-0.1, -0.05) is 6.92 Å². The minimum atomic E-state index is 0.236. The molecule has 0 spiro atoms. The molecule has 1 aromatic carbocycles. The first-order valence-electron chi connectivity index (χ1n) is 4.38. The lowest BCUT2D eigenvalue weighted by Gasteiger charge is -2.01. The van der Waals surface area contributed by atoms with Crippen molar-refractivity contribution in [2.45, 2.75) is 13.3 Å². The fourth-order valence-corrected chi connectivity index (χ4v) is 1.22. The Balaban J connectivity index is 2.44. The van der Waals surface area contributed by atoms with Crippen molar-refractivity contribution in [1.82, 2.24) is 20.2 Å².